The molecule has 1 unspecified atom stereocenters. The number of benzene rings is 1. The van der Waals surface area contributed by atoms with Crippen LogP contribution >= 0.6 is 11.3 Å². The van der Waals surface area contributed by atoms with E-state index in [1.807, 2.05) is 6.07 Å². The Morgan fingerprint density at radius 1 is 0.968 bits per heavy atom. The highest BCUT2D eigenvalue weighted by Gasteiger charge is 2.41. The Labute approximate surface area is 186 Å². The van der Waals surface area contributed by atoms with Crippen LogP contribution in [0.15, 0.2) is 42.5 Å². The summed E-state index contributed by atoms with van der Waals surface area (Å²) in [6.07, 6.45) is 4.79. The van der Waals surface area contributed by atoms with Crippen LogP contribution in [-0.4, -0.2) is 35.9 Å². The summed E-state index contributed by atoms with van der Waals surface area (Å²) in [5, 5.41) is 9.00. The van der Waals surface area contributed by atoms with E-state index >= 15 is 0 Å². The number of hydrogen-bond donors (Lipinski definition) is 0. The molecule has 2 fully saturated rings. The van der Waals surface area contributed by atoms with Crippen molar-refractivity contribution < 1.29 is 4.39 Å². The van der Waals surface area contributed by atoms with E-state index in [1.54, 1.807) is 23.5 Å². The second-order valence-electron chi connectivity index (χ2n) is 9.20. The molecule has 4 nitrogen and oxygen atoms in total. The molecule has 0 radical (unpaired) electrons. The van der Waals surface area contributed by atoms with E-state index < -0.39 is 0 Å². The van der Waals surface area contributed by atoms with Crippen molar-refractivity contribution in [3.63, 3.8) is 0 Å². The molecule has 0 spiro atoms. The molecule has 0 bridgehead atoms. The van der Waals surface area contributed by atoms with Crippen molar-refractivity contribution in [3.05, 3.63) is 58.7 Å². The predicted octanol–water partition coefficient (Wildman–Crippen LogP) is 5.64. The average molecular weight is 435 g/mol. The Morgan fingerprint density at radius 2 is 1.81 bits per heavy atom. The Hall–Kier alpha value is -2.47. The lowest BCUT2D eigenvalue weighted by Crippen LogP contribution is -2.45. The van der Waals surface area contributed by atoms with Crippen molar-refractivity contribution in [1.82, 2.24) is 10.2 Å². The molecule has 3 aliphatic rings. The van der Waals surface area contributed by atoms with Crippen molar-refractivity contribution in [1.29, 1.82) is 0 Å². The van der Waals surface area contributed by atoms with Gasteiger partial charge < -0.3 is 9.80 Å². The van der Waals surface area contributed by atoms with Gasteiger partial charge in [-0.1, -0.05) is 6.07 Å². The van der Waals surface area contributed by atoms with Crippen LogP contribution in [0, 0.1) is 18.7 Å². The number of anilines is 2. The SMILES string of the molecule is Cc1ccc(-c2ccc(N3CCC(N4CC(C5CC5)c5ccc(F)cc54)CC3)nn2)s1. The van der Waals surface area contributed by atoms with Crippen molar-refractivity contribution in [2.75, 3.05) is 29.4 Å². The maximum atomic E-state index is 14.0. The third-order valence-corrected chi connectivity index (χ3v) is 8.18. The fourth-order valence-corrected chi connectivity index (χ4v) is 6.17. The molecule has 0 amide bonds. The Balaban J connectivity index is 1.14. The maximum absolute atomic E-state index is 14.0. The number of fused-ring (bicyclic) bond motifs is 1. The van der Waals surface area contributed by atoms with Gasteiger partial charge in [-0.3, -0.25) is 0 Å². The number of thiophene rings is 1. The maximum Gasteiger partial charge on any atom is 0.151 e. The molecule has 3 aromatic rings. The van der Waals surface area contributed by atoms with E-state index in [9.17, 15) is 4.39 Å². The van der Waals surface area contributed by atoms with E-state index in [2.05, 4.69) is 51.2 Å². The summed E-state index contributed by atoms with van der Waals surface area (Å²) in [4.78, 5) is 7.30. The van der Waals surface area contributed by atoms with Crippen LogP contribution in [0.4, 0.5) is 15.9 Å². The van der Waals surface area contributed by atoms with Crippen LogP contribution < -0.4 is 9.80 Å². The van der Waals surface area contributed by atoms with Crippen LogP contribution in [0.1, 0.15) is 42.0 Å². The fraction of sp³-hybridized carbons (Fsp3) is 0.440. The summed E-state index contributed by atoms with van der Waals surface area (Å²) < 4.78 is 14.0. The topological polar surface area (TPSA) is 32.3 Å². The number of rotatable bonds is 4. The molecule has 1 aliphatic carbocycles. The zero-order chi connectivity index (χ0) is 20.9. The fourth-order valence-electron chi connectivity index (χ4n) is 5.34. The zero-order valence-corrected chi connectivity index (χ0v) is 18.6. The van der Waals surface area contributed by atoms with Gasteiger partial charge in [0.05, 0.1) is 4.88 Å². The lowest BCUT2D eigenvalue weighted by molar-refractivity contribution is 0.456. The number of aryl methyl sites for hydroxylation is 1. The number of hydrogen-bond acceptors (Lipinski definition) is 5. The van der Waals surface area contributed by atoms with Crippen molar-refractivity contribution in [2.24, 2.45) is 5.92 Å². The second-order valence-corrected chi connectivity index (χ2v) is 10.5. The van der Waals surface area contributed by atoms with Gasteiger partial charge in [0.2, 0.25) is 0 Å². The summed E-state index contributed by atoms with van der Waals surface area (Å²) in [6.45, 7) is 5.10. The molecule has 1 aromatic carbocycles. The first-order valence-electron chi connectivity index (χ1n) is 11.4. The molecule has 31 heavy (non-hydrogen) atoms. The van der Waals surface area contributed by atoms with Gasteiger partial charge in [-0.15, -0.1) is 21.5 Å². The van der Waals surface area contributed by atoms with Crippen molar-refractivity contribution in [3.8, 4) is 10.6 Å². The number of piperidine rings is 1. The molecule has 1 atom stereocenters. The van der Waals surface area contributed by atoms with Gasteiger partial charge in [-0.25, -0.2) is 4.39 Å². The quantitative estimate of drug-likeness (QED) is 0.532. The van der Waals surface area contributed by atoms with E-state index in [4.69, 9.17) is 0 Å². The first-order chi connectivity index (χ1) is 15.2. The van der Waals surface area contributed by atoms with E-state index in [1.165, 1.54) is 28.2 Å². The minimum absolute atomic E-state index is 0.117. The Kier molecular flexibility index (Phi) is 4.71. The van der Waals surface area contributed by atoms with Gasteiger partial charge in [0.15, 0.2) is 5.82 Å². The van der Waals surface area contributed by atoms with Gasteiger partial charge in [0.1, 0.15) is 11.5 Å². The molecule has 6 heteroatoms. The molecule has 4 heterocycles. The lowest BCUT2D eigenvalue weighted by atomic mass is 9.96. The Bertz CT molecular complexity index is 1080. The monoisotopic (exact) mass is 434 g/mol. The van der Waals surface area contributed by atoms with E-state index in [-0.39, 0.29) is 5.82 Å². The van der Waals surface area contributed by atoms with Crippen molar-refractivity contribution >= 4 is 22.8 Å². The van der Waals surface area contributed by atoms with Crippen LogP contribution in [-0.2, 0) is 0 Å². The van der Waals surface area contributed by atoms with E-state index in [0.717, 1.165) is 55.6 Å². The molecule has 1 saturated carbocycles. The summed E-state index contributed by atoms with van der Waals surface area (Å²) >= 11 is 1.75. The summed E-state index contributed by atoms with van der Waals surface area (Å²) in [5.41, 5.74) is 3.46. The summed E-state index contributed by atoms with van der Waals surface area (Å²) in [7, 11) is 0. The van der Waals surface area contributed by atoms with Gasteiger partial charge in [0, 0.05) is 42.2 Å². The molecule has 0 N–H and O–H groups in total. The number of aromatic nitrogens is 2. The minimum atomic E-state index is -0.117. The largest absolute Gasteiger partial charge is 0.367 e. The summed E-state index contributed by atoms with van der Waals surface area (Å²) in [6, 6.07) is 14.3. The molecule has 160 valence electrons. The molecular weight excluding hydrogens is 407 g/mol. The van der Waals surface area contributed by atoms with Gasteiger partial charge >= 0.3 is 0 Å². The highest BCUT2D eigenvalue weighted by molar-refractivity contribution is 7.15. The zero-order valence-electron chi connectivity index (χ0n) is 17.8. The van der Waals surface area contributed by atoms with Crippen LogP contribution in [0.3, 0.4) is 0 Å². The van der Waals surface area contributed by atoms with Crippen LogP contribution in [0.5, 0.6) is 0 Å². The smallest absolute Gasteiger partial charge is 0.151 e. The highest BCUT2D eigenvalue weighted by Crippen LogP contribution is 2.50. The first kappa shape index (κ1) is 19.2. The highest BCUT2D eigenvalue weighted by atomic mass is 32.1. The normalized spacial score (nSPS) is 21.5. The van der Waals surface area contributed by atoms with Crippen LogP contribution in [0.2, 0.25) is 0 Å². The lowest BCUT2D eigenvalue weighted by Gasteiger charge is -2.38. The second kappa shape index (κ2) is 7.59. The average Bonchev–Trinajstić information content (AvgIpc) is 3.44. The molecule has 2 aromatic heterocycles. The summed E-state index contributed by atoms with van der Waals surface area (Å²) in [5.74, 6) is 2.23. The first-order valence-corrected chi connectivity index (χ1v) is 12.2. The van der Waals surface area contributed by atoms with E-state index in [0.29, 0.717) is 12.0 Å². The van der Waals surface area contributed by atoms with Crippen molar-refractivity contribution in [2.45, 2.75) is 44.6 Å². The molecule has 6 rings (SSSR count). The number of halogens is 1. The third-order valence-electron chi connectivity index (χ3n) is 7.16. The van der Waals surface area contributed by atoms with Crippen LogP contribution in [0.25, 0.3) is 10.6 Å². The van der Waals surface area contributed by atoms with Gasteiger partial charge in [0.25, 0.3) is 0 Å². The standard InChI is InChI=1S/C25H27FN4S/c1-16-2-8-24(31-16)22-7-9-25(28-27-22)29-12-10-19(11-13-29)30-15-21(17-3-4-17)20-6-5-18(26)14-23(20)30/h2,5-9,14,17,19,21H,3-4,10-13,15H2,1H3. The molecule has 1 saturated heterocycles. The predicted molar refractivity (Wildman–Crippen MR) is 125 cm³/mol. The Morgan fingerprint density at radius 3 is 2.48 bits per heavy atom. The number of nitrogens with zero attached hydrogens (tertiary/aromatic N) is 4. The third kappa shape index (κ3) is 3.61. The van der Waals surface area contributed by atoms with Gasteiger partial charge in [-0.05, 0) is 80.5 Å². The molecule has 2 aliphatic heterocycles. The van der Waals surface area contributed by atoms with Gasteiger partial charge in [-0.2, -0.15) is 0 Å². The minimum Gasteiger partial charge on any atom is -0.367 e. The molecular formula is C25H27FN4S.